The number of rotatable bonds is 3. The maximum absolute atomic E-state index is 10.6. The Morgan fingerprint density at radius 2 is 1.73 bits per heavy atom. The standard InChI is InChI=1S/C12H22O3/c1-7-4-8(2)12(9(3)5-7)10(13)6-11(14)15/h7-10,12-13H,4-6H2,1-3H3,(H,14,15). The second kappa shape index (κ2) is 4.97. The van der Waals surface area contributed by atoms with Crippen LogP contribution in [0, 0.1) is 23.7 Å². The molecule has 0 heterocycles. The van der Waals surface area contributed by atoms with Gasteiger partial charge in [0.15, 0.2) is 0 Å². The number of aliphatic carboxylic acids is 1. The lowest BCUT2D eigenvalue weighted by molar-refractivity contribution is -0.141. The molecule has 3 atom stereocenters. The molecule has 0 radical (unpaired) electrons. The molecule has 0 spiro atoms. The van der Waals surface area contributed by atoms with E-state index in [9.17, 15) is 9.90 Å². The smallest absolute Gasteiger partial charge is 0.305 e. The highest BCUT2D eigenvalue weighted by molar-refractivity contribution is 5.67. The van der Waals surface area contributed by atoms with Crippen LogP contribution in [0.1, 0.15) is 40.0 Å². The monoisotopic (exact) mass is 214 g/mol. The number of hydrogen-bond donors (Lipinski definition) is 2. The Hall–Kier alpha value is -0.570. The Morgan fingerprint density at radius 1 is 1.27 bits per heavy atom. The molecule has 3 nitrogen and oxygen atoms in total. The number of carboxylic acid groups (broad SMARTS) is 1. The molecule has 88 valence electrons. The van der Waals surface area contributed by atoms with Gasteiger partial charge in [0.1, 0.15) is 0 Å². The maximum Gasteiger partial charge on any atom is 0.305 e. The van der Waals surface area contributed by atoms with Gasteiger partial charge in [0.2, 0.25) is 0 Å². The van der Waals surface area contributed by atoms with Crippen molar-refractivity contribution in [3.63, 3.8) is 0 Å². The lowest BCUT2D eigenvalue weighted by Gasteiger charge is -2.40. The summed E-state index contributed by atoms with van der Waals surface area (Å²) in [7, 11) is 0. The number of hydrogen-bond acceptors (Lipinski definition) is 2. The first-order chi connectivity index (χ1) is 6.91. The van der Waals surface area contributed by atoms with Crippen LogP contribution in [-0.4, -0.2) is 22.3 Å². The Kier molecular flexibility index (Phi) is 4.14. The second-order valence-electron chi connectivity index (χ2n) is 5.27. The van der Waals surface area contributed by atoms with Crippen molar-refractivity contribution in [2.75, 3.05) is 0 Å². The molecule has 1 aliphatic rings. The summed E-state index contributed by atoms with van der Waals surface area (Å²) >= 11 is 0. The molecule has 0 bridgehead atoms. The Morgan fingerprint density at radius 3 is 2.13 bits per heavy atom. The Balaban J connectivity index is 2.62. The van der Waals surface area contributed by atoms with Gasteiger partial charge in [-0.15, -0.1) is 0 Å². The summed E-state index contributed by atoms with van der Waals surface area (Å²) in [6.45, 7) is 6.48. The average Bonchev–Trinajstić information content (AvgIpc) is 1.99. The normalized spacial score (nSPS) is 38.7. The summed E-state index contributed by atoms with van der Waals surface area (Å²) in [4.78, 5) is 10.6. The van der Waals surface area contributed by atoms with Crippen molar-refractivity contribution < 1.29 is 15.0 Å². The summed E-state index contributed by atoms with van der Waals surface area (Å²) in [5.74, 6) is 0.803. The summed E-state index contributed by atoms with van der Waals surface area (Å²) in [6.07, 6.45) is 1.41. The van der Waals surface area contributed by atoms with E-state index in [0.717, 1.165) is 12.8 Å². The maximum atomic E-state index is 10.6. The van der Waals surface area contributed by atoms with E-state index >= 15 is 0 Å². The zero-order chi connectivity index (χ0) is 11.6. The largest absolute Gasteiger partial charge is 0.481 e. The zero-order valence-electron chi connectivity index (χ0n) is 9.81. The predicted octanol–water partition coefficient (Wildman–Crippen LogP) is 2.14. The lowest BCUT2D eigenvalue weighted by Crippen LogP contribution is -2.38. The van der Waals surface area contributed by atoms with Gasteiger partial charge in [-0.2, -0.15) is 0 Å². The van der Waals surface area contributed by atoms with E-state index in [1.165, 1.54) is 0 Å². The molecular weight excluding hydrogens is 192 g/mol. The van der Waals surface area contributed by atoms with Crippen LogP contribution in [-0.2, 0) is 4.79 Å². The summed E-state index contributed by atoms with van der Waals surface area (Å²) in [5, 5.41) is 18.6. The van der Waals surface area contributed by atoms with Gasteiger partial charge >= 0.3 is 5.97 Å². The summed E-state index contributed by atoms with van der Waals surface area (Å²) < 4.78 is 0. The molecule has 0 aromatic rings. The quantitative estimate of drug-likeness (QED) is 0.756. The van der Waals surface area contributed by atoms with Gasteiger partial charge in [-0.25, -0.2) is 0 Å². The SMILES string of the molecule is CC1CC(C)C(C(O)CC(=O)O)C(C)C1. The van der Waals surface area contributed by atoms with Crippen molar-refractivity contribution in [2.24, 2.45) is 23.7 Å². The van der Waals surface area contributed by atoms with E-state index in [1.54, 1.807) is 0 Å². The van der Waals surface area contributed by atoms with Gasteiger partial charge in [0, 0.05) is 0 Å². The van der Waals surface area contributed by atoms with Gasteiger partial charge in [0.05, 0.1) is 12.5 Å². The molecule has 1 saturated carbocycles. The van der Waals surface area contributed by atoms with Crippen LogP contribution in [0.2, 0.25) is 0 Å². The molecule has 0 aromatic carbocycles. The summed E-state index contributed by atoms with van der Waals surface area (Å²) in [6, 6.07) is 0. The highest BCUT2D eigenvalue weighted by Gasteiger charge is 2.36. The van der Waals surface area contributed by atoms with Crippen molar-refractivity contribution in [1.29, 1.82) is 0 Å². The molecule has 0 aliphatic heterocycles. The molecule has 0 aromatic heterocycles. The number of carbonyl (C=O) groups is 1. The minimum atomic E-state index is -0.902. The highest BCUT2D eigenvalue weighted by Crippen LogP contribution is 2.40. The fraction of sp³-hybridized carbons (Fsp3) is 0.917. The molecular formula is C12H22O3. The third-order valence-corrected chi connectivity index (χ3v) is 3.69. The first kappa shape index (κ1) is 12.5. The van der Waals surface area contributed by atoms with Crippen LogP contribution in [0.5, 0.6) is 0 Å². The fourth-order valence-electron chi connectivity index (χ4n) is 3.31. The first-order valence-electron chi connectivity index (χ1n) is 5.81. The molecule has 0 amide bonds. The van der Waals surface area contributed by atoms with Crippen molar-refractivity contribution >= 4 is 5.97 Å². The molecule has 0 saturated heterocycles. The van der Waals surface area contributed by atoms with E-state index in [4.69, 9.17) is 5.11 Å². The second-order valence-corrected chi connectivity index (χ2v) is 5.27. The van der Waals surface area contributed by atoms with Gasteiger partial charge < -0.3 is 10.2 Å². The van der Waals surface area contributed by atoms with E-state index in [0.29, 0.717) is 17.8 Å². The predicted molar refractivity (Wildman–Crippen MR) is 58.5 cm³/mol. The number of carboxylic acids is 1. The first-order valence-corrected chi connectivity index (χ1v) is 5.81. The minimum absolute atomic E-state index is 0.117. The van der Waals surface area contributed by atoms with Crippen molar-refractivity contribution in [1.82, 2.24) is 0 Å². The van der Waals surface area contributed by atoms with Crippen LogP contribution in [0.25, 0.3) is 0 Å². The third kappa shape index (κ3) is 3.20. The lowest BCUT2D eigenvalue weighted by atomic mass is 9.67. The van der Waals surface area contributed by atoms with Gasteiger partial charge in [-0.3, -0.25) is 4.79 Å². The molecule has 1 fully saturated rings. The van der Waals surface area contributed by atoms with Crippen LogP contribution < -0.4 is 0 Å². The van der Waals surface area contributed by atoms with Gasteiger partial charge in [-0.05, 0) is 36.5 Å². The molecule has 3 unspecified atom stereocenters. The molecule has 2 N–H and O–H groups in total. The van der Waals surface area contributed by atoms with Crippen LogP contribution >= 0.6 is 0 Å². The molecule has 15 heavy (non-hydrogen) atoms. The molecule has 1 rings (SSSR count). The number of aliphatic hydroxyl groups is 1. The summed E-state index contributed by atoms with van der Waals surface area (Å²) in [5.41, 5.74) is 0. The zero-order valence-corrected chi connectivity index (χ0v) is 9.81. The highest BCUT2D eigenvalue weighted by atomic mass is 16.4. The van der Waals surface area contributed by atoms with E-state index in [1.807, 2.05) is 0 Å². The number of aliphatic hydroxyl groups excluding tert-OH is 1. The van der Waals surface area contributed by atoms with Crippen molar-refractivity contribution in [3.8, 4) is 0 Å². The van der Waals surface area contributed by atoms with Crippen molar-refractivity contribution in [2.45, 2.75) is 46.1 Å². The van der Waals surface area contributed by atoms with Crippen LogP contribution in [0.3, 0.4) is 0 Å². The Bertz CT molecular complexity index is 215. The van der Waals surface area contributed by atoms with Crippen LogP contribution in [0.4, 0.5) is 0 Å². The minimum Gasteiger partial charge on any atom is -0.481 e. The van der Waals surface area contributed by atoms with E-state index in [-0.39, 0.29) is 12.3 Å². The topological polar surface area (TPSA) is 57.5 Å². The van der Waals surface area contributed by atoms with Gasteiger partial charge in [-0.1, -0.05) is 20.8 Å². The van der Waals surface area contributed by atoms with E-state index < -0.39 is 12.1 Å². The van der Waals surface area contributed by atoms with Crippen molar-refractivity contribution in [3.05, 3.63) is 0 Å². The van der Waals surface area contributed by atoms with E-state index in [2.05, 4.69) is 20.8 Å². The Labute approximate surface area is 91.5 Å². The molecule has 3 heteroatoms. The molecule has 1 aliphatic carbocycles. The van der Waals surface area contributed by atoms with Gasteiger partial charge in [0.25, 0.3) is 0 Å². The third-order valence-electron chi connectivity index (χ3n) is 3.69. The van der Waals surface area contributed by atoms with Crippen LogP contribution in [0.15, 0.2) is 0 Å². The fourth-order valence-corrected chi connectivity index (χ4v) is 3.31. The average molecular weight is 214 g/mol.